The number of furan rings is 1. The number of carbonyl (C=O) groups is 1. The minimum Gasteiger partial charge on any atom is -0.459 e. The maximum atomic E-state index is 13.7. The Bertz CT molecular complexity index is 1420. The molecule has 1 aromatic heterocycles. The first-order valence-electron chi connectivity index (χ1n) is 10.7. The molecule has 168 valence electrons. The zero-order valence-electron chi connectivity index (χ0n) is 17.8. The summed E-state index contributed by atoms with van der Waals surface area (Å²) in [7, 11) is -3.19. The number of carbonyl (C=O) groups excluding carboxylic acids is 1. The number of halogens is 1. The molecule has 0 aliphatic carbocycles. The molecule has 4 aromatic rings. The molecule has 0 spiro atoms. The first-order chi connectivity index (χ1) is 15.9. The monoisotopic (exact) mass is 463 g/mol. The number of amides is 1. The van der Waals surface area contributed by atoms with E-state index in [1.165, 1.54) is 12.1 Å². The minimum atomic E-state index is -3.19. The van der Waals surface area contributed by atoms with Gasteiger partial charge in [0.1, 0.15) is 17.3 Å². The lowest BCUT2D eigenvalue weighted by Gasteiger charge is -2.28. The summed E-state index contributed by atoms with van der Waals surface area (Å²) in [5.74, 6) is 0.535. The Hall–Kier alpha value is -3.45. The van der Waals surface area contributed by atoms with Crippen LogP contribution in [0.25, 0.3) is 22.1 Å². The Balaban J connectivity index is 1.49. The number of hydrogen-bond acceptors (Lipinski definition) is 4. The average molecular weight is 464 g/mol. The van der Waals surface area contributed by atoms with Crippen molar-refractivity contribution in [3.8, 4) is 11.3 Å². The highest BCUT2D eigenvalue weighted by molar-refractivity contribution is 7.91. The van der Waals surface area contributed by atoms with E-state index in [0.29, 0.717) is 23.5 Å². The molecule has 5 nitrogen and oxygen atoms in total. The van der Waals surface area contributed by atoms with Crippen LogP contribution in [0.5, 0.6) is 0 Å². The van der Waals surface area contributed by atoms with Gasteiger partial charge in [0.2, 0.25) is 0 Å². The van der Waals surface area contributed by atoms with Gasteiger partial charge in [-0.1, -0.05) is 36.4 Å². The third kappa shape index (κ3) is 4.41. The largest absolute Gasteiger partial charge is 0.459 e. The lowest BCUT2D eigenvalue weighted by molar-refractivity contribution is 0.0668. The van der Waals surface area contributed by atoms with Crippen LogP contribution in [0.2, 0.25) is 0 Å². The van der Waals surface area contributed by atoms with Gasteiger partial charge in [-0.3, -0.25) is 4.79 Å². The van der Waals surface area contributed by atoms with E-state index in [0.717, 1.165) is 16.3 Å². The van der Waals surface area contributed by atoms with Gasteiger partial charge in [-0.2, -0.15) is 0 Å². The van der Waals surface area contributed by atoms with Crippen molar-refractivity contribution in [1.82, 2.24) is 4.90 Å². The first-order valence-corrected chi connectivity index (χ1v) is 12.6. The van der Waals surface area contributed by atoms with E-state index in [2.05, 4.69) is 0 Å². The quantitative estimate of drug-likeness (QED) is 0.415. The summed E-state index contributed by atoms with van der Waals surface area (Å²) in [5.41, 5.74) is 1.25. The van der Waals surface area contributed by atoms with Gasteiger partial charge in [-0.05, 0) is 59.7 Å². The molecule has 0 saturated carbocycles. The number of nitrogens with zero attached hydrogens (tertiary/aromatic N) is 1. The molecule has 1 atom stereocenters. The van der Waals surface area contributed by atoms with Crippen molar-refractivity contribution in [2.75, 3.05) is 11.5 Å². The van der Waals surface area contributed by atoms with Crippen LogP contribution in [0.3, 0.4) is 0 Å². The highest BCUT2D eigenvalue weighted by Gasteiger charge is 2.36. The summed E-state index contributed by atoms with van der Waals surface area (Å²) in [6.07, 6.45) is 0.393. The second-order valence-electron chi connectivity index (χ2n) is 8.29. The van der Waals surface area contributed by atoms with Gasteiger partial charge >= 0.3 is 0 Å². The topological polar surface area (TPSA) is 67.6 Å². The summed E-state index contributed by atoms with van der Waals surface area (Å²) in [5, 5.41) is 1.77. The van der Waals surface area contributed by atoms with E-state index in [-0.39, 0.29) is 29.8 Å². The number of rotatable bonds is 5. The van der Waals surface area contributed by atoms with Crippen molar-refractivity contribution in [1.29, 1.82) is 0 Å². The molecule has 0 N–H and O–H groups in total. The zero-order chi connectivity index (χ0) is 23.0. The fourth-order valence-corrected chi connectivity index (χ4v) is 6.09. The van der Waals surface area contributed by atoms with Crippen LogP contribution >= 0.6 is 0 Å². The smallest absolute Gasteiger partial charge is 0.255 e. The summed E-state index contributed by atoms with van der Waals surface area (Å²) in [4.78, 5) is 15.3. The van der Waals surface area contributed by atoms with Gasteiger partial charge in [0, 0.05) is 17.2 Å². The third-order valence-corrected chi connectivity index (χ3v) is 7.80. The lowest BCUT2D eigenvalue weighted by Crippen LogP contribution is -2.40. The summed E-state index contributed by atoms with van der Waals surface area (Å²) >= 11 is 0. The molecule has 0 bridgehead atoms. The number of sulfone groups is 1. The highest BCUT2D eigenvalue weighted by atomic mass is 32.2. The van der Waals surface area contributed by atoms with Crippen LogP contribution < -0.4 is 0 Å². The van der Waals surface area contributed by atoms with Crippen molar-refractivity contribution < 1.29 is 22.0 Å². The van der Waals surface area contributed by atoms with Gasteiger partial charge in [-0.25, -0.2) is 12.8 Å². The van der Waals surface area contributed by atoms with E-state index < -0.39 is 15.9 Å². The normalized spacial score (nSPS) is 17.3. The van der Waals surface area contributed by atoms with E-state index in [1.807, 2.05) is 36.4 Å². The van der Waals surface area contributed by atoms with Crippen LogP contribution in [-0.2, 0) is 16.4 Å². The molecule has 1 amide bonds. The Kier molecular flexibility index (Phi) is 5.50. The molecule has 1 unspecified atom stereocenters. The summed E-state index contributed by atoms with van der Waals surface area (Å²) < 4.78 is 43.6. The van der Waals surface area contributed by atoms with Crippen molar-refractivity contribution in [2.24, 2.45) is 0 Å². The third-order valence-electron chi connectivity index (χ3n) is 6.05. The Morgan fingerprint density at radius 1 is 0.970 bits per heavy atom. The van der Waals surface area contributed by atoms with Gasteiger partial charge in [-0.15, -0.1) is 0 Å². The van der Waals surface area contributed by atoms with Crippen LogP contribution in [0.1, 0.15) is 22.5 Å². The Labute approximate surface area is 191 Å². The van der Waals surface area contributed by atoms with Crippen LogP contribution in [0, 0.1) is 5.82 Å². The second-order valence-corrected chi connectivity index (χ2v) is 10.5. The first kappa shape index (κ1) is 21.4. The molecule has 1 aliphatic heterocycles. The van der Waals surface area contributed by atoms with E-state index >= 15 is 0 Å². The van der Waals surface area contributed by atoms with Crippen molar-refractivity contribution >= 4 is 26.5 Å². The highest BCUT2D eigenvalue weighted by Crippen LogP contribution is 2.28. The number of benzene rings is 3. The maximum absolute atomic E-state index is 13.7. The van der Waals surface area contributed by atoms with Crippen LogP contribution in [0.4, 0.5) is 4.39 Å². The summed E-state index contributed by atoms with van der Waals surface area (Å²) in [6, 6.07) is 22.3. The molecular weight excluding hydrogens is 441 g/mol. The predicted octanol–water partition coefficient (Wildman–Crippen LogP) is 5.07. The predicted molar refractivity (Wildman–Crippen MR) is 125 cm³/mol. The minimum absolute atomic E-state index is 0.0605. The van der Waals surface area contributed by atoms with E-state index in [4.69, 9.17) is 4.42 Å². The second kappa shape index (κ2) is 8.48. The molecule has 1 aliphatic rings. The number of fused-ring (bicyclic) bond motifs is 1. The molecule has 5 rings (SSSR count). The van der Waals surface area contributed by atoms with E-state index in [1.54, 1.807) is 35.2 Å². The summed E-state index contributed by atoms with van der Waals surface area (Å²) in [6.45, 7) is 0.142. The van der Waals surface area contributed by atoms with Crippen molar-refractivity contribution in [3.63, 3.8) is 0 Å². The fourth-order valence-electron chi connectivity index (χ4n) is 4.35. The fraction of sp³-hybridized carbons (Fsp3) is 0.192. The molecular formula is C26H22FNO4S. The molecule has 7 heteroatoms. The lowest BCUT2D eigenvalue weighted by atomic mass is 10.0. The molecule has 2 heterocycles. The molecule has 0 radical (unpaired) electrons. The van der Waals surface area contributed by atoms with Crippen molar-refractivity contribution in [2.45, 2.75) is 19.0 Å². The standard InChI is InChI=1S/C26H22FNO4S/c27-20-10-8-19(9-11-20)25-13-12-22(32-25)16-28(21-14-15-33(30,31)17-21)26(29)24-7-3-5-18-4-1-2-6-23(18)24/h1-13,21H,14-17H2. The molecule has 33 heavy (non-hydrogen) atoms. The van der Waals surface area contributed by atoms with E-state index in [9.17, 15) is 17.6 Å². The average Bonchev–Trinajstić information content (AvgIpc) is 3.43. The Morgan fingerprint density at radius 3 is 2.48 bits per heavy atom. The molecule has 3 aromatic carbocycles. The number of hydrogen-bond donors (Lipinski definition) is 0. The molecule has 1 fully saturated rings. The maximum Gasteiger partial charge on any atom is 0.255 e. The van der Waals surface area contributed by atoms with Gasteiger partial charge < -0.3 is 9.32 Å². The van der Waals surface area contributed by atoms with Gasteiger partial charge in [0.15, 0.2) is 9.84 Å². The Morgan fingerprint density at radius 2 is 1.73 bits per heavy atom. The molecule has 1 saturated heterocycles. The van der Waals surface area contributed by atoms with Crippen LogP contribution in [-0.4, -0.2) is 36.8 Å². The SMILES string of the molecule is O=C(c1cccc2ccccc12)N(Cc1ccc(-c2ccc(F)cc2)o1)C1CCS(=O)(=O)C1. The van der Waals surface area contributed by atoms with Crippen LogP contribution in [0.15, 0.2) is 83.3 Å². The zero-order valence-corrected chi connectivity index (χ0v) is 18.6. The van der Waals surface area contributed by atoms with Gasteiger partial charge in [0.05, 0.1) is 18.1 Å². The van der Waals surface area contributed by atoms with Gasteiger partial charge in [0.25, 0.3) is 5.91 Å². The van der Waals surface area contributed by atoms with Crippen molar-refractivity contribution in [3.05, 3.63) is 96.0 Å².